The predicted molar refractivity (Wildman–Crippen MR) is 61.0 cm³/mol. The fraction of sp³-hybridized carbons (Fsp3) is 0.500. The summed E-state index contributed by atoms with van der Waals surface area (Å²) in [4.78, 5) is 8.50. The van der Waals surface area contributed by atoms with Gasteiger partial charge >= 0.3 is 0 Å². The molecular formula is C8H12BrN3S. The molecule has 0 aliphatic carbocycles. The summed E-state index contributed by atoms with van der Waals surface area (Å²) in [5.41, 5.74) is 6.59. The van der Waals surface area contributed by atoms with Crippen LogP contribution in [0, 0.1) is 6.92 Å². The molecule has 0 fully saturated rings. The molecular weight excluding hydrogens is 250 g/mol. The molecule has 2 N–H and O–H groups in total. The topological polar surface area (TPSA) is 51.8 Å². The summed E-state index contributed by atoms with van der Waals surface area (Å²) < 4.78 is 0.806. The first kappa shape index (κ1) is 10.8. The third kappa shape index (κ3) is 2.84. The van der Waals surface area contributed by atoms with E-state index >= 15 is 0 Å². The number of nitrogens with zero attached hydrogens (tertiary/aromatic N) is 2. The number of aryl methyl sites for hydroxylation is 2. The number of halogens is 1. The second-order valence-electron chi connectivity index (χ2n) is 2.67. The molecule has 0 unspecified atom stereocenters. The lowest BCUT2D eigenvalue weighted by atomic mass is 10.4. The first-order valence-electron chi connectivity index (χ1n) is 3.92. The molecule has 1 rings (SSSR count). The maximum absolute atomic E-state index is 5.69. The van der Waals surface area contributed by atoms with Crippen molar-refractivity contribution in [2.75, 3.05) is 17.7 Å². The summed E-state index contributed by atoms with van der Waals surface area (Å²) in [6, 6.07) is 0. The lowest BCUT2D eigenvalue weighted by Gasteiger charge is -2.04. The van der Waals surface area contributed by atoms with Crippen LogP contribution in [0.25, 0.3) is 0 Å². The summed E-state index contributed by atoms with van der Waals surface area (Å²) in [7, 11) is 0. The van der Waals surface area contributed by atoms with E-state index in [2.05, 4.69) is 32.2 Å². The molecule has 5 heteroatoms. The van der Waals surface area contributed by atoms with Crippen LogP contribution in [0.15, 0.2) is 4.47 Å². The molecule has 3 nitrogen and oxygen atoms in total. The Labute approximate surface area is 90.7 Å². The fourth-order valence-corrected chi connectivity index (χ4v) is 1.51. The highest BCUT2D eigenvalue weighted by molar-refractivity contribution is 9.10. The Morgan fingerprint density at radius 2 is 2.15 bits per heavy atom. The first-order valence-corrected chi connectivity index (χ1v) is 6.11. The van der Waals surface area contributed by atoms with Crippen molar-refractivity contribution in [3.8, 4) is 0 Å². The smallest absolute Gasteiger partial charge is 0.141 e. The van der Waals surface area contributed by atoms with E-state index in [1.807, 2.05) is 6.92 Å². The number of hydrogen-bond acceptors (Lipinski definition) is 4. The highest BCUT2D eigenvalue weighted by Gasteiger charge is 2.05. The number of nitrogens with two attached hydrogens (primary N) is 1. The summed E-state index contributed by atoms with van der Waals surface area (Å²) in [5.74, 6) is 2.39. The van der Waals surface area contributed by atoms with Crippen molar-refractivity contribution in [3.05, 3.63) is 16.0 Å². The molecule has 0 saturated carbocycles. The van der Waals surface area contributed by atoms with Crippen LogP contribution in [0.4, 0.5) is 5.82 Å². The summed E-state index contributed by atoms with van der Waals surface area (Å²) in [6.45, 7) is 1.92. The van der Waals surface area contributed by atoms with Gasteiger partial charge in [-0.2, -0.15) is 11.8 Å². The van der Waals surface area contributed by atoms with Crippen LogP contribution >= 0.6 is 27.7 Å². The van der Waals surface area contributed by atoms with Gasteiger partial charge in [0.2, 0.25) is 0 Å². The minimum absolute atomic E-state index is 0.531. The van der Waals surface area contributed by atoms with Crippen molar-refractivity contribution >= 4 is 33.5 Å². The van der Waals surface area contributed by atoms with Gasteiger partial charge in [0.15, 0.2) is 0 Å². The SMILES string of the molecule is CSCCc1nc(C)c(Br)c(N)n1. The first-order chi connectivity index (χ1) is 6.15. The van der Waals surface area contributed by atoms with Gasteiger partial charge in [-0.3, -0.25) is 0 Å². The van der Waals surface area contributed by atoms with Crippen molar-refractivity contribution in [1.82, 2.24) is 9.97 Å². The Bertz CT molecular complexity index is 280. The van der Waals surface area contributed by atoms with Gasteiger partial charge in [0.1, 0.15) is 11.6 Å². The molecule has 0 radical (unpaired) electrons. The lowest BCUT2D eigenvalue weighted by Crippen LogP contribution is -2.04. The van der Waals surface area contributed by atoms with Crippen LogP contribution in [0.2, 0.25) is 0 Å². The van der Waals surface area contributed by atoms with Gasteiger partial charge in [0.05, 0.1) is 10.2 Å². The standard InChI is InChI=1S/C8H12BrN3S/c1-5-7(9)8(10)12-6(11-5)3-4-13-2/h3-4H2,1-2H3,(H2,10,11,12). The molecule has 0 aliphatic rings. The van der Waals surface area contributed by atoms with Crippen molar-refractivity contribution in [2.24, 2.45) is 0 Å². The third-order valence-electron chi connectivity index (χ3n) is 1.62. The van der Waals surface area contributed by atoms with Crippen molar-refractivity contribution in [1.29, 1.82) is 0 Å². The van der Waals surface area contributed by atoms with Crippen LogP contribution < -0.4 is 5.73 Å². The second-order valence-corrected chi connectivity index (χ2v) is 4.45. The Balaban J connectivity index is 2.86. The van der Waals surface area contributed by atoms with Crippen LogP contribution in [-0.2, 0) is 6.42 Å². The van der Waals surface area contributed by atoms with E-state index in [1.54, 1.807) is 11.8 Å². The summed E-state index contributed by atoms with van der Waals surface area (Å²) in [6.07, 6.45) is 2.94. The molecule has 0 amide bonds. The second kappa shape index (κ2) is 4.81. The van der Waals surface area contributed by atoms with Crippen LogP contribution in [-0.4, -0.2) is 22.0 Å². The highest BCUT2D eigenvalue weighted by Crippen LogP contribution is 2.20. The van der Waals surface area contributed by atoms with E-state index in [-0.39, 0.29) is 0 Å². The molecule has 0 spiro atoms. The van der Waals surface area contributed by atoms with E-state index in [9.17, 15) is 0 Å². The van der Waals surface area contributed by atoms with Gasteiger partial charge in [0, 0.05) is 12.2 Å². The average molecular weight is 262 g/mol. The number of thioether (sulfide) groups is 1. The monoisotopic (exact) mass is 261 g/mol. The van der Waals surface area contributed by atoms with Gasteiger partial charge in [-0.15, -0.1) is 0 Å². The fourth-order valence-electron chi connectivity index (χ4n) is 0.946. The number of aromatic nitrogens is 2. The van der Waals surface area contributed by atoms with E-state index in [0.29, 0.717) is 5.82 Å². The van der Waals surface area contributed by atoms with Crippen molar-refractivity contribution < 1.29 is 0 Å². The molecule has 0 aliphatic heterocycles. The summed E-state index contributed by atoms with van der Waals surface area (Å²) in [5, 5.41) is 0. The van der Waals surface area contributed by atoms with E-state index in [4.69, 9.17) is 5.73 Å². The van der Waals surface area contributed by atoms with E-state index in [1.165, 1.54) is 0 Å². The minimum Gasteiger partial charge on any atom is -0.383 e. The van der Waals surface area contributed by atoms with Crippen molar-refractivity contribution in [3.63, 3.8) is 0 Å². The molecule has 13 heavy (non-hydrogen) atoms. The average Bonchev–Trinajstić information content (AvgIpc) is 2.10. The molecule has 1 heterocycles. The van der Waals surface area contributed by atoms with Gasteiger partial charge in [-0.05, 0) is 29.1 Å². The minimum atomic E-state index is 0.531. The molecule has 1 aromatic rings. The quantitative estimate of drug-likeness (QED) is 0.905. The Morgan fingerprint density at radius 1 is 1.46 bits per heavy atom. The molecule has 0 bridgehead atoms. The molecule has 72 valence electrons. The number of rotatable bonds is 3. The van der Waals surface area contributed by atoms with E-state index < -0.39 is 0 Å². The number of anilines is 1. The number of nitrogen functional groups attached to an aromatic ring is 1. The van der Waals surface area contributed by atoms with Gasteiger partial charge in [0.25, 0.3) is 0 Å². The normalized spacial score (nSPS) is 10.4. The van der Waals surface area contributed by atoms with Gasteiger partial charge in [-0.1, -0.05) is 0 Å². The summed E-state index contributed by atoms with van der Waals surface area (Å²) >= 11 is 5.11. The van der Waals surface area contributed by atoms with Crippen LogP contribution in [0.5, 0.6) is 0 Å². The molecule has 0 atom stereocenters. The molecule has 1 aromatic heterocycles. The molecule has 0 saturated heterocycles. The van der Waals surface area contributed by atoms with Crippen molar-refractivity contribution in [2.45, 2.75) is 13.3 Å². The Morgan fingerprint density at radius 3 is 2.69 bits per heavy atom. The zero-order valence-corrected chi connectivity index (χ0v) is 10.1. The molecule has 0 aromatic carbocycles. The van der Waals surface area contributed by atoms with Crippen LogP contribution in [0.3, 0.4) is 0 Å². The van der Waals surface area contributed by atoms with Gasteiger partial charge < -0.3 is 5.73 Å². The van der Waals surface area contributed by atoms with Crippen LogP contribution in [0.1, 0.15) is 11.5 Å². The zero-order valence-electron chi connectivity index (χ0n) is 7.67. The maximum Gasteiger partial charge on any atom is 0.141 e. The lowest BCUT2D eigenvalue weighted by molar-refractivity contribution is 0.924. The Hall–Kier alpha value is -0.290. The third-order valence-corrected chi connectivity index (χ3v) is 3.21. The number of hydrogen-bond donors (Lipinski definition) is 1. The Kier molecular flexibility index (Phi) is 3.99. The van der Waals surface area contributed by atoms with E-state index in [0.717, 1.165) is 28.2 Å². The zero-order chi connectivity index (χ0) is 9.84. The highest BCUT2D eigenvalue weighted by atomic mass is 79.9. The maximum atomic E-state index is 5.69. The predicted octanol–water partition coefficient (Wildman–Crippen LogP) is 2.04. The largest absolute Gasteiger partial charge is 0.383 e. The van der Waals surface area contributed by atoms with Gasteiger partial charge in [-0.25, -0.2) is 9.97 Å².